The second-order valence-electron chi connectivity index (χ2n) is 7.38. The van der Waals surface area contributed by atoms with Crippen LogP contribution >= 0.6 is 0 Å². The number of rotatable bonds is 8. The summed E-state index contributed by atoms with van der Waals surface area (Å²) in [5, 5.41) is 30.8. The first-order chi connectivity index (χ1) is 16.7. The van der Waals surface area contributed by atoms with Crippen LogP contribution in [0.25, 0.3) is 10.9 Å². The molecule has 1 aromatic heterocycles. The Labute approximate surface area is 200 Å². The van der Waals surface area contributed by atoms with Crippen molar-refractivity contribution < 1.29 is 23.2 Å². The molecule has 0 aliphatic carbocycles. The summed E-state index contributed by atoms with van der Waals surface area (Å²) in [7, 11) is -2.81. The number of hydrogen-bond donors (Lipinski definition) is 2. The predicted octanol–water partition coefficient (Wildman–Crippen LogP) is 5.50. The molecule has 0 aliphatic heterocycles. The van der Waals surface area contributed by atoms with E-state index in [0.29, 0.717) is 17.7 Å². The van der Waals surface area contributed by atoms with E-state index >= 15 is 0 Å². The van der Waals surface area contributed by atoms with Crippen molar-refractivity contribution in [3.8, 4) is 11.6 Å². The van der Waals surface area contributed by atoms with Crippen LogP contribution in [-0.2, 0) is 16.6 Å². The van der Waals surface area contributed by atoms with Crippen LogP contribution in [0.4, 0.5) is 22.7 Å². The fraction of sp³-hybridized carbons (Fsp3) is 0.130. The smallest absolute Gasteiger partial charge is 0.270 e. The number of non-ortho nitro benzene ring substituents is 1. The lowest BCUT2D eigenvalue weighted by Gasteiger charge is -2.10. The lowest BCUT2D eigenvalue weighted by molar-refractivity contribution is -0.385. The summed E-state index contributed by atoms with van der Waals surface area (Å²) in [6.45, 7) is 2.34. The van der Waals surface area contributed by atoms with Crippen LogP contribution in [-0.4, -0.2) is 30.1 Å². The van der Waals surface area contributed by atoms with Gasteiger partial charge in [0.2, 0.25) is 5.88 Å². The zero-order valence-electron chi connectivity index (χ0n) is 18.7. The number of nitrogens with one attached hydrogen (secondary N) is 1. The quantitative estimate of drug-likeness (QED) is 0.187. The minimum atomic E-state index is -4.29. The van der Waals surface area contributed by atoms with E-state index in [9.17, 15) is 23.6 Å². The standard InChI is InChI=1S/C23H21N5O6S/c1-3-27-20-7-5-4-6-18(20)22(23(27)29)25-24-19-13-10-16(28(30)31)14-21(19)35(32,33)26-15-8-11-17(34-2)12-9-15/h4-14,26,29H,3H2,1-2H3. The summed E-state index contributed by atoms with van der Waals surface area (Å²) in [5.41, 5.74) is 0.559. The summed E-state index contributed by atoms with van der Waals surface area (Å²) in [5.74, 6) is 0.406. The van der Waals surface area contributed by atoms with Crippen molar-refractivity contribution in [2.45, 2.75) is 18.4 Å². The Morgan fingerprint density at radius 1 is 1.09 bits per heavy atom. The first-order valence-electron chi connectivity index (χ1n) is 10.4. The average Bonchev–Trinajstić information content (AvgIpc) is 3.13. The molecule has 4 rings (SSSR count). The van der Waals surface area contributed by atoms with Crippen molar-refractivity contribution in [3.05, 3.63) is 76.8 Å². The fourth-order valence-corrected chi connectivity index (χ4v) is 4.79. The van der Waals surface area contributed by atoms with Crippen LogP contribution < -0.4 is 9.46 Å². The normalized spacial score (nSPS) is 11.7. The molecule has 0 atom stereocenters. The van der Waals surface area contributed by atoms with E-state index in [1.54, 1.807) is 28.8 Å². The van der Waals surface area contributed by atoms with Gasteiger partial charge in [-0.05, 0) is 43.3 Å². The Morgan fingerprint density at radius 2 is 1.80 bits per heavy atom. The zero-order valence-corrected chi connectivity index (χ0v) is 19.6. The van der Waals surface area contributed by atoms with Crippen LogP contribution in [0.1, 0.15) is 6.92 Å². The molecule has 1 heterocycles. The fourth-order valence-electron chi connectivity index (χ4n) is 3.58. The summed E-state index contributed by atoms with van der Waals surface area (Å²) >= 11 is 0. The highest BCUT2D eigenvalue weighted by Gasteiger charge is 2.23. The molecule has 180 valence electrons. The van der Waals surface area contributed by atoms with Crippen molar-refractivity contribution in [2.24, 2.45) is 10.2 Å². The Morgan fingerprint density at radius 3 is 2.46 bits per heavy atom. The summed E-state index contributed by atoms with van der Waals surface area (Å²) in [4.78, 5) is 10.2. The van der Waals surface area contributed by atoms with E-state index in [1.807, 2.05) is 19.1 Å². The largest absolute Gasteiger partial charge is 0.497 e. The van der Waals surface area contributed by atoms with Crippen molar-refractivity contribution in [1.29, 1.82) is 0 Å². The van der Waals surface area contributed by atoms with Gasteiger partial charge in [-0.25, -0.2) is 8.42 Å². The molecule has 0 saturated carbocycles. The van der Waals surface area contributed by atoms with Crippen molar-refractivity contribution in [3.63, 3.8) is 0 Å². The van der Waals surface area contributed by atoms with E-state index in [1.165, 1.54) is 25.3 Å². The molecule has 3 aromatic carbocycles. The molecule has 0 saturated heterocycles. The number of aryl methyl sites for hydroxylation is 1. The van der Waals surface area contributed by atoms with Gasteiger partial charge in [-0.3, -0.25) is 14.8 Å². The van der Waals surface area contributed by atoms with Gasteiger partial charge in [0.15, 0.2) is 5.69 Å². The molecular weight excluding hydrogens is 474 g/mol. The minimum absolute atomic E-state index is 0.125. The molecule has 11 nitrogen and oxygen atoms in total. The summed E-state index contributed by atoms with van der Waals surface area (Å²) in [6, 6.07) is 16.5. The molecule has 0 amide bonds. The number of fused-ring (bicyclic) bond motifs is 1. The van der Waals surface area contributed by atoms with Gasteiger partial charge in [0.25, 0.3) is 15.7 Å². The van der Waals surface area contributed by atoms with Gasteiger partial charge in [-0.1, -0.05) is 18.2 Å². The van der Waals surface area contributed by atoms with Crippen LogP contribution in [0.3, 0.4) is 0 Å². The monoisotopic (exact) mass is 495 g/mol. The number of hydrogen-bond acceptors (Lipinski definition) is 8. The number of aromatic nitrogens is 1. The maximum Gasteiger partial charge on any atom is 0.270 e. The van der Waals surface area contributed by atoms with Crippen molar-refractivity contribution in [2.75, 3.05) is 11.8 Å². The molecule has 4 aromatic rings. The average molecular weight is 496 g/mol. The number of ether oxygens (including phenoxy) is 1. The maximum absolute atomic E-state index is 13.2. The number of nitrogens with zero attached hydrogens (tertiary/aromatic N) is 4. The third kappa shape index (κ3) is 4.64. The molecule has 0 bridgehead atoms. The van der Waals surface area contributed by atoms with Crippen LogP contribution in [0.15, 0.2) is 81.9 Å². The van der Waals surface area contributed by atoms with Crippen LogP contribution in [0, 0.1) is 10.1 Å². The number of aromatic hydroxyl groups is 1. The highest BCUT2D eigenvalue weighted by atomic mass is 32.2. The highest BCUT2D eigenvalue weighted by Crippen LogP contribution is 2.40. The number of benzene rings is 3. The predicted molar refractivity (Wildman–Crippen MR) is 130 cm³/mol. The molecule has 35 heavy (non-hydrogen) atoms. The Bertz CT molecular complexity index is 1540. The second-order valence-corrected chi connectivity index (χ2v) is 9.03. The van der Waals surface area contributed by atoms with Gasteiger partial charge in [0, 0.05) is 29.8 Å². The van der Waals surface area contributed by atoms with E-state index in [2.05, 4.69) is 15.0 Å². The van der Waals surface area contributed by atoms with E-state index in [-0.39, 0.29) is 22.9 Å². The summed E-state index contributed by atoms with van der Waals surface area (Å²) < 4.78 is 35.4. The minimum Gasteiger partial charge on any atom is -0.497 e. The van der Waals surface area contributed by atoms with Gasteiger partial charge >= 0.3 is 0 Å². The number of anilines is 1. The van der Waals surface area contributed by atoms with E-state index in [0.717, 1.165) is 17.6 Å². The van der Waals surface area contributed by atoms with Gasteiger partial charge in [-0.2, -0.15) is 0 Å². The maximum atomic E-state index is 13.2. The number of para-hydroxylation sites is 1. The molecule has 0 unspecified atom stereocenters. The molecule has 0 spiro atoms. The molecular formula is C23H21N5O6S. The van der Waals surface area contributed by atoms with Crippen LogP contribution in [0.5, 0.6) is 11.6 Å². The topological polar surface area (TPSA) is 148 Å². The lowest BCUT2D eigenvalue weighted by Crippen LogP contribution is -2.13. The summed E-state index contributed by atoms with van der Waals surface area (Å²) in [6.07, 6.45) is 0. The number of methoxy groups -OCH3 is 1. The van der Waals surface area contributed by atoms with Gasteiger partial charge in [0.1, 0.15) is 16.3 Å². The molecule has 0 radical (unpaired) electrons. The number of nitro groups is 1. The lowest BCUT2D eigenvalue weighted by atomic mass is 10.2. The third-order valence-electron chi connectivity index (χ3n) is 5.28. The molecule has 0 aliphatic rings. The molecule has 12 heteroatoms. The Hall–Kier alpha value is -4.45. The SMILES string of the molecule is CCn1c(O)c(N=Nc2ccc([N+](=O)[O-])cc2S(=O)(=O)Nc2ccc(OC)cc2)c2ccccc21. The molecule has 0 fully saturated rings. The van der Waals surface area contributed by atoms with Crippen molar-refractivity contribution >= 4 is 43.7 Å². The van der Waals surface area contributed by atoms with E-state index in [4.69, 9.17) is 4.74 Å². The van der Waals surface area contributed by atoms with Crippen molar-refractivity contribution in [1.82, 2.24) is 4.57 Å². The van der Waals surface area contributed by atoms with Crippen LogP contribution in [0.2, 0.25) is 0 Å². The van der Waals surface area contributed by atoms with Gasteiger partial charge in [0.05, 0.1) is 17.5 Å². The third-order valence-corrected chi connectivity index (χ3v) is 6.69. The Kier molecular flexibility index (Phi) is 6.38. The molecule has 2 N–H and O–H groups in total. The number of azo groups is 1. The van der Waals surface area contributed by atoms with Gasteiger partial charge < -0.3 is 14.4 Å². The second kappa shape index (κ2) is 9.43. The number of nitro benzene ring substituents is 1. The Balaban J connectivity index is 1.79. The van der Waals surface area contributed by atoms with Gasteiger partial charge in [-0.15, -0.1) is 10.2 Å². The first-order valence-corrected chi connectivity index (χ1v) is 11.9. The van der Waals surface area contributed by atoms with E-state index < -0.39 is 25.5 Å². The number of sulfonamides is 1. The first kappa shape index (κ1) is 23.7. The highest BCUT2D eigenvalue weighted by molar-refractivity contribution is 7.92. The zero-order chi connectivity index (χ0) is 25.2.